The molecule has 0 fully saturated rings. The van der Waals surface area contributed by atoms with Crippen LogP contribution in [0.3, 0.4) is 0 Å². The van der Waals surface area contributed by atoms with Crippen molar-refractivity contribution < 1.29 is 14.2 Å². The third-order valence-electron chi connectivity index (χ3n) is 2.49. The lowest BCUT2D eigenvalue weighted by molar-refractivity contribution is 0.324. The lowest BCUT2D eigenvalue weighted by Crippen LogP contribution is -1.96. The number of hydrogen-bond acceptors (Lipinski definition) is 5. The zero-order valence-corrected chi connectivity index (χ0v) is 10.5. The van der Waals surface area contributed by atoms with Gasteiger partial charge in [-0.3, -0.25) is 0 Å². The van der Waals surface area contributed by atoms with Gasteiger partial charge in [0.1, 0.15) is 0 Å². The van der Waals surface area contributed by atoms with Crippen molar-refractivity contribution in [1.29, 1.82) is 0 Å². The fourth-order valence-corrected chi connectivity index (χ4v) is 1.66. The van der Waals surface area contributed by atoms with Crippen molar-refractivity contribution in [3.8, 4) is 28.6 Å². The van der Waals surface area contributed by atoms with Crippen LogP contribution in [0.2, 0.25) is 0 Å². The highest BCUT2D eigenvalue weighted by molar-refractivity contribution is 5.66. The van der Waals surface area contributed by atoms with Gasteiger partial charge in [-0.2, -0.15) is 0 Å². The molecule has 5 heteroatoms. The molecule has 0 unspecified atom stereocenters. The molecule has 0 saturated carbocycles. The minimum Gasteiger partial charge on any atom is -0.493 e. The van der Waals surface area contributed by atoms with E-state index in [0.29, 0.717) is 23.1 Å². The van der Waals surface area contributed by atoms with Gasteiger partial charge in [-0.05, 0) is 18.2 Å². The molecular weight excluding hydrogens is 232 g/mol. The molecule has 0 aliphatic rings. The highest BCUT2D eigenvalue weighted by Crippen LogP contribution is 2.40. The first-order valence-corrected chi connectivity index (χ1v) is 5.37. The summed E-state index contributed by atoms with van der Waals surface area (Å²) in [5.41, 5.74) is 0.810. The molecule has 18 heavy (non-hydrogen) atoms. The number of nitrogens with zero attached hydrogens (tertiary/aromatic N) is 2. The fraction of sp³-hybridized carbons (Fsp3) is 0.231. The number of aromatic nitrogens is 2. The molecule has 0 amide bonds. The molecule has 94 valence electrons. The highest BCUT2D eigenvalue weighted by atomic mass is 16.5. The van der Waals surface area contributed by atoms with Gasteiger partial charge in [0.15, 0.2) is 17.3 Å². The van der Waals surface area contributed by atoms with Crippen LogP contribution in [-0.4, -0.2) is 31.3 Å². The van der Waals surface area contributed by atoms with Gasteiger partial charge >= 0.3 is 0 Å². The first-order chi connectivity index (χ1) is 8.80. The average Bonchev–Trinajstić information content (AvgIpc) is 2.46. The van der Waals surface area contributed by atoms with Crippen molar-refractivity contribution in [2.45, 2.75) is 0 Å². The molecule has 5 nitrogen and oxygen atoms in total. The molecule has 2 rings (SSSR count). The Hall–Kier alpha value is -2.30. The van der Waals surface area contributed by atoms with Gasteiger partial charge in [-0.25, -0.2) is 9.97 Å². The Morgan fingerprint density at radius 1 is 0.833 bits per heavy atom. The van der Waals surface area contributed by atoms with Crippen LogP contribution in [0.4, 0.5) is 0 Å². The zero-order chi connectivity index (χ0) is 13.0. The van der Waals surface area contributed by atoms with Crippen LogP contribution in [0.1, 0.15) is 0 Å². The number of ether oxygens (including phenoxy) is 3. The van der Waals surface area contributed by atoms with E-state index in [-0.39, 0.29) is 0 Å². The molecule has 0 spiro atoms. The summed E-state index contributed by atoms with van der Waals surface area (Å²) < 4.78 is 15.8. The highest BCUT2D eigenvalue weighted by Gasteiger charge is 2.14. The maximum Gasteiger partial charge on any atom is 0.203 e. The Balaban J connectivity index is 2.57. The average molecular weight is 246 g/mol. The number of benzene rings is 1. The van der Waals surface area contributed by atoms with Gasteiger partial charge in [0, 0.05) is 18.0 Å². The van der Waals surface area contributed by atoms with Crippen LogP contribution in [-0.2, 0) is 0 Å². The Labute approximate surface area is 105 Å². The third-order valence-corrected chi connectivity index (χ3v) is 2.49. The largest absolute Gasteiger partial charge is 0.493 e. The summed E-state index contributed by atoms with van der Waals surface area (Å²) in [4.78, 5) is 8.38. The van der Waals surface area contributed by atoms with Gasteiger partial charge in [0.05, 0.1) is 21.3 Å². The molecule has 1 heterocycles. The molecule has 0 atom stereocenters. The zero-order valence-electron chi connectivity index (χ0n) is 10.5. The summed E-state index contributed by atoms with van der Waals surface area (Å²) in [5.74, 6) is 2.33. The fourth-order valence-electron chi connectivity index (χ4n) is 1.66. The summed E-state index contributed by atoms with van der Waals surface area (Å²) in [5, 5.41) is 0. The lowest BCUT2D eigenvalue weighted by atomic mass is 10.1. The van der Waals surface area contributed by atoms with Gasteiger partial charge < -0.3 is 14.2 Å². The summed E-state index contributed by atoms with van der Waals surface area (Å²) in [7, 11) is 4.72. The molecule has 2 aromatic rings. The van der Waals surface area contributed by atoms with E-state index >= 15 is 0 Å². The second kappa shape index (κ2) is 5.35. The van der Waals surface area contributed by atoms with E-state index < -0.39 is 0 Å². The van der Waals surface area contributed by atoms with Crippen molar-refractivity contribution in [3.63, 3.8) is 0 Å². The van der Waals surface area contributed by atoms with Crippen LogP contribution >= 0.6 is 0 Å². The summed E-state index contributed by atoms with van der Waals surface area (Å²) in [6.45, 7) is 0. The number of methoxy groups -OCH3 is 3. The molecule has 0 saturated heterocycles. The topological polar surface area (TPSA) is 53.5 Å². The minimum atomic E-state index is 0.555. The normalized spacial score (nSPS) is 9.94. The third kappa shape index (κ3) is 2.20. The van der Waals surface area contributed by atoms with Crippen molar-refractivity contribution in [2.24, 2.45) is 0 Å². The van der Waals surface area contributed by atoms with E-state index in [0.717, 1.165) is 5.56 Å². The van der Waals surface area contributed by atoms with Gasteiger partial charge in [0.25, 0.3) is 0 Å². The van der Waals surface area contributed by atoms with E-state index in [1.165, 1.54) is 0 Å². The Bertz CT molecular complexity index is 504. The van der Waals surface area contributed by atoms with Gasteiger partial charge in [-0.1, -0.05) is 0 Å². The molecule has 1 aromatic carbocycles. The van der Waals surface area contributed by atoms with E-state index in [2.05, 4.69) is 9.97 Å². The summed E-state index contributed by atoms with van der Waals surface area (Å²) >= 11 is 0. The van der Waals surface area contributed by atoms with E-state index in [1.807, 2.05) is 12.1 Å². The van der Waals surface area contributed by atoms with Crippen LogP contribution in [0.5, 0.6) is 17.2 Å². The molecular formula is C13H14N2O3. The van der Waals surface area contributed by atoms with Crippen molar-refractivity contribution in [1.82, 2.24) is 9.97 Å². The van der Waals surface area contributed by atoms with Gasteiger partial charge in [-0.15, -0.1) is 0 Å². The van der Waals surface area contributed by atoms with E-state index in [4.69, 9.17) is 14.2 Å². The SMILES string of the molecule is COc1cc(-c2ncccn2)cc(OC)c1OC. The summed E-state index contributed by atoms with van der Waals surface area (Å²) in [6.07, 6.45) is 3.37. The standard InChI is InChI=1S/C13H14N2O3/c1-16-10-7-9(13-14-5-4-6-15-13)8-11(17-2)12(10)18-3/h4-8H,1-3H3. The Morgan fingerprint density at radius 2 is 1.39 bits per heavy atom. The predicted octanol–water partition coefficient (Wildman–Crippen LogP) is 2.17. The first-order valence-electron chi connectivity index (χ1n) is 5.37. The second-order valence-electron chi connectivity index (χ2n) is 3.49. The van der Waals surface area contributed by atoms with Gasteiger partial charge in [0.2, 0.25) is 5.75 Å². The van der Waals surface area contributed by atoms with E-state index in [9.17, 15) is 0 Å². The Kier molecular flexibility index (Phi) is 3.62. The number of hydrogen-bond donors (Lipinski definition) is 0. The van der Waals surface area contributed by atoms with Crippen molar-refractivity contribution in [2.75, 3.05) is 21.3 Å². The maximum absolute atomic E-state index is 5.28. The van der Waals surface area contributed by atoms with Crippen LogP contribution in [0.15, 0.2) is 30.6 Å². The lowest BCUT2D eigenvalue weighted by Gasteiger charge is -2.13. The van der Waals surface area contributed by atoms with Crippen LogP contribution in [0.25, 0.3) is 11.4 Å². The molecule has 0 radical (unpaired) electrons. The molecule has 0 aliphatic heterocycles. The van der Waals surface area contributed by atoms with Crippen molar-refractivity contribution >= 4 is 0 Å². The molecule has 0 aliphatic carbocycles. The molecule has 0 N–H and O–H groups in total. The van der Waals surface area contributed by atoms with Crippen molar-refractivity contribution in [3.05, 3.63) is 30.6 Å². The maximum atomic E-state index is 5.28. The van der Waals surface area contributed by atoms with Crippen LogP contribution in [0, 0.1) is 0 Å². The number of rotatable bonds is 4. The quantitative estimate of drug-likeness (QED) is 0.827. The van der Waals surface area contributed by atoms with Crippen LogP contribution < -0.4 is 14.2 Å². The molecule has 0 bridgehead atoms. The predicted molar refractivity (Wildman–Crippen MR) is 67.1 cm³/mol. The first kappa shape index (κ1) is 12.2. The monoisotopic (exact) mass is 246 g/mol. The second-order valence-corrected chi connectivity index (χ2v) is 3.49. The van der Waals surface area contributed by atoms with E-state index in [1.54, 1.807) is 39.8 Å². The molecule has 1 aromatic heterocycles. The Morgan fingerprint density at radius 3 is 1.83 bits per heavy atom. The minimum absolute atomic E-state index is 0.555. The summed E-state index contributed by atoms with van der Waals surface area (Å²) in [6, 6.07) is 5.40. The smallest absolute Gasteiger partial charge is 0.203 e.